The Morgan fingerprint density at radius 2 is 1.00 bits per heavy atom. The minimum atomic E-state index is -1.75. The lowest BCUT2D eigenvalue weighted by atomic mass is 9.77. The number of benzene rings is 4. The van der Waals surface area contributed by atoms with Crippen LogP contribution in [-0.4, -0.2) is 73.5 Å². The summed E-state index contributed by atoms with van der Waals surface area (Å²) >= 11 is 0. The molecule has 0 aliphatic carbocycles. The van der Waals surface area contributed by atoms with Gasteiger partial charge >= 0.3 is 0 Å². The van der Waals surface area contributed by atoms with Crippen molar-refractivity contribution in [2.24, 2.45) is 0 Å². The maximum Gasteiger partial charge on any atom is 0.200 e. The number of hydrogen-bond donors (Lipinski definition) is 12. The van der Waals surface area contributed by atoms with E-state index in [4.69, 9.17) is 9.47 Å². The molecule has 2 aliphatic heterocycles. The summed E-state index contributed by atoms with van der Waals surface area (Å²) in [4.78, 5) is 0. The van der Waals surface area contributed by atoms with Crippen LogP contribution < -0.4 is 9.47 Å². The van der Waals surface area contributed by atoms with Crippen LogP contribution >= 0.6 is 0 Å². The molecule has 0 spiro atoms. The Morgan fingerprint density at radius 3 is 1.57 bits per heavy atom. The summed E-state index contributed by atoms with van der Waals surface area (Å²) < 4.78 is 11.7. The first-order valence-electron chi connectivity index (χ1n) is 13.1. The highest BCUT2D eigenvalue weighted by Gasteiger charge is 2.45. The third kappa shape index (κ3) is 4.35. The summed E-state index contributed by atoms with van der Waals surface area (Å²) in [5, 5.41) is 126. The van der Waals surface area contributed by atoms with Gasteiger partial charge in [0.1, 0.15) is 40.6 Å². The van der Waals surface area contributed by atoms with Crippen LogP contribution in [0.4, 0.5) is 0 Å². The first-order chi connectivity index (χ1) is 20.8. The van der Waals surface area contributed by atoms with Gasteiger partial charge in [0.15, 0.2) is 46.7 Å². The van der Waals surface area contributed by atoms with E-state index < -0.39 is 87.8 Å². The highest BCUT2D eigenvalue weighted by atomic mass is 16.5. The van der Waals surface area contributed by atoms with Crippen LogP contribution in [0.2, 0.25) is 0 Å². The number of hydrogen-bond acceptors (Lipinski definition) is 14. The number of fused-ring (bicyclic) bond motifs is 2. The van der Waals surface area contributed by atoms with E-state index in [0.717, 1.165) is 42.5 Å². The zero-order valence-corrected chi connectivity index (χ0v) is 22.3. The van der Waals surface area contributed by atoms with Crippen LogP contribution in [0, 0.1) is 0 Å². The second kappa shape index (κ2) is 10.00. The van der Waals surface area contributed by atoms with Gasteiger partial charge in [0.05, 0.1) is 12.0 Å². The molecule has 230 valence electrons. The largest absolute Gasteiger partial charge is 0.508 e. The molecule has 5 atom stereocenters. The minimum absolute atomic E-state index is 0.0104. The zero-order valence-electron chi connectivity index (χ0n) is 22.3. The lowest BCUT2D eigenvalue weighted by Gasteiger charge is -2.39. The molecular formula is C30H26O14. The fourth-order valence-corrected chi connectivity index (χ4v) is 5.84. The molecule has 14 heteroatoms. The Labute approximate surface area is 247 Å². The molecule has 0 amide bonds. The number of phenolic OH excluding ortho intramolecular Hbond substituents is 10. The first kappa shape index (κ1) is 28.5. The molecule has 14 nitrogen and oxygen atoms in total. The number of aromatic hydroxyl groups is 10. The van der Waals surface area contributed by atoms with Gasteiger partial charge < -0.3 is 70.8 Å². The van der Waals surface area contributed by atoms with E-state index in [1.165, 1.54) is 0 Å². The Balaban J connectivity index is 1.48. The molecule has 6 rings (SSSR count). The van der Waals surface area contributed by atoms with E-state index in [-0.39, 0.29) is 45.7 Å². The van der Waals surface area contributed by atoms with Crippen LogP contribution in [0.5, 0.6) is 69.0 Å². The molecule has 0 fully saturated rings. The average molecular weight is 611 g/mol. The summed E-state index contributed by atoms with van der Waals surface area (Å²) in [6, 6.07) is 7.28. The van der Waals surface area contributed by atoms with E-state index in [2.05, 4.69) is 0 Å². The smallest absolute Gasteiger partial charge is 0.200 e. The molecule has 2 aliphatic rings. The highest BCUT2D eigenvalue weighted by Crippen LogP contribution is 2.57. The summed E-state index contributed by atoms with van der Waals surface area (Å²) in [6.07, 6.45) is -6.10. The van der Waals surface area contributed by atoms with Crippen LogP contribution in [0.1, 0.15) is 45.9 Å². The van der Waals surface area contributed by atoms with Gasteiger partial charge in [-0.2, -0.15) is 0 Å². The van der Waals surface area contributed by atoms with E-state index in [9.17, 15) is 61.3 Å². The van der Waals surface area contributed by atoms with Crippen LogP contribution in [0.3, 0.4) is 0 Å². The fourth-order valence-electron chi connectivity index (χ4n) is 5.84. The molecule has 2 heterocycles. The van der Waals surface area contributed by atoms with E-state index in [1.54, 1.807) is 0 Å². The molecule has 0 radical (unpaired) electrons. The van der Waals surface area contributed by atoms with Crippen molar-refractivity contribution in [3.8, 4) is 69.0 Å². The molecule has 0 bridgehead atoms. The van der Waals surface area contributed by atoms with Gasteiger partial charge in [0, 0.05) is 52.4 Å². The second-order valence-electron chi connectivity index (χ2n) is 10.6. The van der Waals surface area contributed by atoms with Crippen molar-refractivity contribution in [2.45, 2.75) is 36.8 Å². The second-order valence-corrected chi connectivity index (χ2v) is 10.6. The Hall–Kier alpha value is -5.60. The summed E-state index contributed by atoms with van der Waals surface area (Å²) in [6.45, 7) is 0. The van der Waals surface area contributed by atoms with Gasteiger partial charge in [-0.1, -0.05) is 0 Å². The van der Waals surface area contributed by atoms with Crippen LogP contribution in [0.25, 0.3) is 0 Å². The third-order valence-electron chi connectivity index (χ3n) is 7.87. The van der Waals surface area contributed by atoms with Crippen molar-refractivity contribution in [2.75, 3.05) is 0 Å². The number of ether oxygens (including phenoxy) is 2. The molecule has 4 aromatic carbocycles. The Kier molecular flexibility index (Phi) is 6.48. The average Bonchev–Trinajstić information content (AvgIpc) is 2.95. The first-order valence-corrected chi connectivity index (χ1v) is 13.1. The summed E-state index contributed by atoms with van der Waals surface area (Å²) in [7, 11) is 0. The quantitative estimate of drug-likeness (QED) is 0.149. The van der Waals surface area contributed by atoms with Gasteiger partial charge in [0.25, 0.3) is 0 Å². The molecule has 0 saturated heterocycles. The van der Waals surface area contributed by atoms with Crippen molar-refractivity contribution < 1.29 is 70.8 Å². The normalized spacial score (nSPS) is 22.4. The summed E-state index contributed by atoms with van der Waals surface area (Å²) in [5.41, 5.74) is -0.463. The lowest BCUT2D eigenvalue weighted by molar-refractivity contribution is 0.00563. The number of phenols is 10. The van der Waals surface area contributed by atoms with Gasteiger partial charge in [-0.25, -0.2) is 0 Å². The highest BCUT2D eigenvalue weighted by molar-refractivity contribution is 5.66. The van der Waals surface area contributed by atoms with E-state index >= 15 is 0 Å². The van der Waals surface area contributed by atoms with Crippen molar-refractivity contribution in [3.05, 3.63) is 70.3 Å². The number of aliphatic hydroxyl groups is 2. The third-order valence-corrected chi connectivity index (χ3v) is 7.87. The van der Waals surface area contributed by atoms with E-state index in [0.29, 0.717) is 0 Å². The fraction of sp³-hybridized carbons (Fsp3) is 0.200. The molecule has 12 N–H and O–H groups in total. The minimum Gasteiger partial charge on any atom is -0.508 e. The Morgan fingerprint density at radius 1 is 0.500 bits per heavy atom. The maximum atomic E-state index is 11.6. The van der Waals surface area contributed by atoms with E-state index in [1.807, 2.05) is 0 Å². The van der Waals surface area contributed by atoms with Gasteiger partial charge in [-0.05, 0) is 24.3 Å². The maximum absolute atomic E-state index is 11.6. The van der Waals surface area contributed by atoms with Crippen molar-refractivity contribution in [1.29, 1.82) is 0 Å². The van der Waals surface area contributed by atoms with Gasteiger partial charge in [-0.3, -0.25) is 0 Å². The molecule has 0 unspecified atom stereocenters. The number of aliphatic hydroxyl groups excluding tert-OH is 2. The van der Waals surface area contributed by atoms with Gasteiger partial charge in [-0.15, -0.1) is 0 Å². The standard InChI is InChI=1S/C30H26O14/c31-11-5-13(32)22-21(6-11)44-30(10-3-17(36)27(41)18(37)4-10)28(42)24(22)23-14(33)8-20-12(25(23)39)7-19(38)29(43-20)9-1-15(34)26(40)16(35)2-9/h1-6,8,19,24,28-42H,7H2/t19-,24+,28-,29-,30-/m1/s1. The van der Waals surface area contributed by atoms with Crippen molar-refractivity contribution in [1.82, 2.24) is 0 Å². The lowest BCUT2D eigenvalue weighted by Crippen LogP contribution is -2.35. The number of rotatable bonds is 3. The molecule has 0 aromatic heterocycles. The van der Waals surface area contributed by atoms with Crippen LogP contribution in [-0.2, 0) is 6.42 Å². The SMILES string of the molecule is Oc1cc(O)c2c(c1)O[C@H](c1cc(O)c(O)c(O)c1)[C@H](O)[C@@H]2c1c(O)cc2c(c1O)C[C@@H](O)[C@@H](c1cc(O)c(O)c(O)c1)O2. The Bertz CT molecular complexity index is 1770. The molecule has 4 aromatic rings. The van der Waals surface area contributed by atoms with Crippen molar-refractivity contribution in [3.63, 3.8) is 0 Å². The molecule has 0 saturated carbocycles. The zero-order chi connectivity index (χ0) is 31.8. The molecular weight excluding hydrogens is 584 g/mol. The topological polar surface area (TPSA) is 261 Å². The van der Waals surface area contributed by atoms with Crippen LogP contribution in [0.15, 0.2) is 42.5 Å². The van der Waals surface area contributed by atoms with Crippen molar-refractivity contribution >= 4 is 0 Å². The van der Waals surface area contributed by atoms with Gasteiger partial charge in [0.2, 0.25) is 0 Å². The monoisotopic (exact) mass is 610 g/mol. The summed E-state index contributed by atoms with van der Waals surface area (Å²) in [5.74, 6) is -8.47. The predicted molar refractivity (Wildman–Crippen MR) is 147 cm³/mol. The molecule has 44 heavy (non-hydrogen) atoms. The predicted octanol–water partition coefficient (Wildman–Crippen LogP) is 2.41.